The van der Waals surface area contributed by atoms with Gasteiger partial charge in [0.05, 0.1) is 12.7 Å². The number of hydrogen-bond donors (Lipinski definition) is 1. The standard InChI is InChI=1S/C12H26O3Si/c1-12(2,3)16(4,5)15-10-7-6-8-14-11(10)9-13/h10-11,13H,6-9H2,1-5H3/t10-,11+/m0/s1. The monoisotopic (exact) mass is 246 g/mol. The van der Waals surface area contributed by atoms with E-state index in [0.29, 0.717) is 0 Å². The van der Waals surface area contributed by atoms with Crippen LogP contribution >= 0.6 is 0 Å². The zero-order valence-electron chi connectivity index (χ0n) is 11.2. The van der Waals surface area contributed by atoms with Gasteiger partial charge in [-0.2, -0.15) is 0 Å². The number of aliphatic hydroxyl groups is 1. The van der Waals surface area contributed by atoms with Crippen molar-refractivity contribution in [1.82, 2.24) is 0 Å². The summed E-state index contributed by atoms with van der Waals surface area (Å²) >= 11 is 0. The molecular formula is C12H26O3Si. The number of aliphatic hydroxyl groups excluding tert-OH is 1. The first-order valence-electron chi connectivity index (χ1n) is 6.18. The van der Waals surface area contributed by atoms with E-state index in [4.69, 9.17) is 9.16 Å². The summed E-state index contributed by atoms with van der Waals surface area (Å²) in [5, 5.41) is 9.48. The van der Waals surface area contributed by atoms with E-state index in [2.05, 4.69) is 33.9 Å². The van der Waals surface area contributed by atoms with Crippen molar-refractivity contribution >= 4 is 8.32 Å². The zero-order chi connectivity index (χ0) is 12.4. The lowest BCUT2D eigenvalue weighted by Crippen LogP contribution is -2.49. The van der Waals surface area contributed by atoms with Gasteiger partial charge in [-0.05, 0) is 31.0 Å². The first kappa shape index (κ1) is 14.2. The molecule has 1 aliphatic rings. The summed E-state index contributed by atoms with van der Waals surface area (Å²) in [7, 11) is -1.74. The third kappa shape index (κ3) is 3.29. The molecule has 1 aliphatic heterocycles. The Hall–Kier alpha value is 0.0969. The summed E-state index contributed by atoms with van der Waals surface area (Å²) in [5.41, 5.74) is 0. The highest BCUT2D eigenvalue weighted by Gasteiger charge is 2.41. The van der Waals surface area contributed by atoms with E-state index >= 15 is 0 Å². The van der Waals surface area contributed by atoms with Crippen molar-refractivity contribution in [1.29, 1.82) is 0 Å². The lowest BCUT2D eigenvalue weighted by molar-refractivity contribution is -0.0887. The SMILES string of the molecule is CC(C)(C)[Si](C)(C)O[C@H]1CCCO[C@@H]1CO. The molecule has 0 amide bonds. The van der Waals surface area contributed by atoms with Gasteiger partial charge in [-0.1, -0.05) is 20.8 Å². The van der Waals surface area contributed by atoms with Crippen molar-refractivity contribution in [2.75, 3.05) is 13.2 Å². The molecule has 0 aromatic heterocycles. The van der Waals surface area contributed by atoms with Crippen LogP contribution in [0.1, 0.15) is 33.6 Å². The van der Waals surface area contributed by atoms with Crippen LogP contribution in [-0.2, 0) is 9.16 Å². The minimum atomic E-state index is -1.74. The highest BCUT2D eigenvalue weighted by molar-refractivity contribution is 6.74. The van der Waals surface area contributed by atoms with Crippen LogP contribution in [0.2, 0.25) is 18.1 Å². The van der Waals surface area contributed by atoms with Gasteiger partial charge < -0.3 is 14.3 Å². The van der Waals surface area contributed by atoms with E-state index in [-0.39, 0.29) is 23.9 Å². The van der Waals surface area contributed by atoms with Crippen LogP contribution in [0, 0.1) is 0 Å². The van der Waals surface area contributed by atoms with Gasteiger partial charge in [0, 0.05) is 6.61 Å². The van der Waals surface area contributed by atoms with Crippen LogP contribution < -0.4 is 0 Å². The van der Waals surface area contributed by atoms with Crippen LogP contribution in [0.3, 0.4) is 0 Å². The molecule has 0 spiro atoms. The lowest BCUT2D eigenvalue weighted by atomic mass is 10.1. The Kier molecular flexibility index (Phi) is 4.57. The lowest BCUT2D eigenvalue weighted by Gasteiger charge is -2.42. The predicted octanol–water partition coefficient (Wildman–Crippen LogP) is 2.55. The third-order valence-electron chi connectivity index (χ3n) is 3.81. The van der Waals surface area contributed by atoms with Gasteiger partial charge in [-0.15, -0.1) is 0 Å². The average molecular weight is 246 g/mol. The molecule has 1 saturated heterocycles. The maximum Gasteiger partial charge on any atom is 0.192 e. The molecule has 0 aromatic carbocycles. The van der Waals surface area contributed by atoms with E-state index in [1.54, 1.807) is 0 Å². The van der Waals surface area contributed by atoms with E-state index in [9.17, 15) is 5.11 Å². The molecule has 3 nitrogen and oxygen atoms in total. The molecule has 1 fully saturated rings. The Bertz CT molecular complexity index is 223. The van der Waals surface area contributed by atoms with Gasteiger partial charge in [0.2, 0.25) is 0 Å². The second kappa shape index (κ2) is 5.17. The maximum atomic E-state index is 9.27. The summed E-state index contributed by atoms with van der Waals surface area (Å²) in [6.07, 6.45) is 2.01. The van der Waals surface area contributed by atoms with E-state index in [1.807, 2.05) is 0 Å². The molecule has 4 heteroatoms. The molecule has 0 aromatic rings. The van der Waals surface area contributed by atoms with Crippen molar-refractivity contribution in [2.24, 2.45) is 0 Å². The Balaban J connectivity index is 2.64. The first-order chi connectivity index (χ1) is 7.28. The van der Waals surface area contributed by atoms with Gasteiger partial charge in [-0.25, -0.2) is 0 Å². The second-order valence-corrected chi connectivity index (χ2v) is 10.9. The van der Waals surface area contributed by atoms with E-state index in [0.717, 1.165) is 19.4 Å². The molecule has 1 heterocycles. The largest absolute Gasteiger partial charge is 0.411 e. The zero-order valence-corrected chi connectivity index (χ0v) is 12.2. The smallest absolute Gasteiger partial charge is 0.192 e. The van der Waals surface area contributed by atoms with Gasteiger partial charge in [0.25, 0.3) is 0 Å². The second-order valence-electron chi connectivity index (χ2n) is 6.15. The summed E-state index contributed by atoms with van der Waals surface area (Å²) in [6.45, 7) is 12.0. The predicted molar refractivity (Wildman–Crippen MR) is 68.1 cm³/mol. The topological polar surface area (TPSA) is 38.7 Å². The van der Waals surface area contributed by atoms with E-state index in [1.165, 1.54) is 0 Å². The molecule has 0 saturated carbocycles. The van der Waals surface area contributed by atoms with Crippen molar-refractivity contribution in [3.05, 3.63) is 0 Å². The molecule has 16 heavy (non-hydrogen) atoms. The van der Waals surface area contributed by atoms with Crippen molar-refractivity contribution in [2.45, 2.75) is 64.0 Å². The number of ether oxygens (including phenoxy) is 1. The Morgan fingerprint density at radius 3 is 2.50 bits per heavy atom. The quantitative estimate of drug-likeness (QED) is 0.778. The summed E-state index contributed by atoms with van der Waals surface area (Å²) in [5.74, 6) is 0. The maximum absolute atomic E-state index is 9.27. The van der Waals surface area contributed by atoms with Gasteiger partial charge >= 0.3 is 0 Å². The molecule has 1 rings (SSSR count). The van der Waals surface area contributed by atoms with Crippen LogP contribution in [-0.4, -0.2) is 38.8 Å². The van der Waals surface area contributed by atoms with Crippen molar-refractivity contribution < 1.29 is 14.3 Å². The van der Waals surface area contributed by atoms with Crippen LogP contribution in [0.4, 0.5) is 0 Å². The summed E-state index contributed by atoms with van der Waals surface area (Å²) in [6, 6.07) is 0. The fourth-order valence-electron chi connectivity index (χ4n) is 1.67. The Morgan fingerprint density at radius 2 is 2.00 bits per heavy atom. The van der Waals surface area contributed by atoms with Gasteiger partial charge in [-0.3, -0.25) is 0 Å². The molecule has 1 N–H and O–H groups in total. The molecule has 0 aliphatic carbocycles. The molecule has 96 valence electrons. The fourth-order valence-corrected chi connectivity index (χ4v) is 3.05. The van der Waals surface area contributed by atoms with Crippen molar-refractivity contribution in [3.8, 4) is 0 Å². The minimum Gasteiger partial charge on any atom is -0.411 e. The highest BCUT2D eigenvalue weighted by Crippen LogP contribution is 2.38. The average Bonchev–Trinajstić information content (AvgIpc) is 2.16. The Labute approximate surface area is 100 Å². The van der Waals surface area contributed by atoms with Gasteiger partial charge in [0.1, 0.15) is 6.10 Å². The third-order valence-corrected chi connectivity index (χ3v) is 8.32. The molecular weight excluding hydrogens is 220 g/mol. The Morgan fingerprint density at radius 1 is 1.38 bits per heavy atom. The fraction of sp³-hybridized carbons (Fsp3) is 1.00. The molecule has 0 radical (unpaired) electrons. The van der Waals surface area contributed by atoms with Crippen LogP contribution in [0.15, 0.2) is 0 Å². The minimum absolute atomic E-state index is 0.0687. The molecule has 2 atom stereocenters. The number of hydrogen-bond acceptors (Lipinski definition) is 3. The normalized spacial score (nSPS) is 28.1. The summed E-state index contributed by atoms with van der Waals surface area (Å²) < 4.78 is 11.8. The van der Waals surface area contributed by atoms with Crippen molar-refractivity contribution in [3.63, 3.8) is 0 Å². The first-order valence-corrected chi connectivity index (χ1v) is 9.09. The van der Waals surface area contributed by atoms with Crippen LogP contribution in [0.5, 0.6) is 0 Å². The van der Waals surface area contributed by atoms with E-state index < -0.39 is 8.32 Å². The number of rotatable bonds is 3. The highest BCUT2D eigenvalue weighted by atomic mass is 28.4. The summed E-state index contributed by atoms with van der Waals surface area (Å²) in [4.78, 5) is 0. The molecule has 0 unspecified atom stereocenters. The van der Waals surface area contributed by atoms with Gasteiger partial charge in [0.15, 0.2) is 8.32 Å². The molecule has 0 bridgehead atoms. The van der Waals surface area contributed by atoms with Crippen LogP contribution in [0.25, 0.3) is 0 Å².